The zero-order valence-corrected chi connectivity index (χ0v) is 15.8. The fourth-order valence-corrected chi connectivity index (χ4v) is 3.63. The number of hydrogen-bond donors (Lipinski definition) is 4. The maximum absolute atomic E-state index is 12.2. The average molecular weight is 408 g/mol. The number of nitrogens with one attached hydrogen (secondary N) is 3. The Morgan fingerprint density at radius 2 is 1.81 bits per heavy atom. The molecule has 6 nitrogen and oxygen atoms in total. The quantitative estimate of drug-likeness (QED) is 0.585. The smallest absolute Gasteiger partial charge is 0.327 e. The molecule has 1 aliphatic carbocycles. The van der Waals surface area contributed by atoms with E-state index in [2.05, 4.69) is 16.0 Å². The summed E-state index contributed by atoms with van der Waals surface area (Å²) in [5.41, 5.74) is 2.64. The summed E-state index contributed by atoms with van der Waals surface area (Å²) >= 11 is 12.1. The lowest BCUT2D eigenvalue weighted by Gasteiger charge is -2.20. The third-order valence-corrected chi connectivity index (χ3v) is 5.11. The van der Waals surface area contributed by atoms with Crippen LogP contribution < -0.4 is 16.0 Å². The van der Waals surface area contributed by atoms with Crippen LogP contribution in [0.5, 0.6) is 0 Å². The minimum Gasteiger partial charge on any atom is -0.480 e. The van der Waals surface area contributed by atoms with Gasteiger partial charge in [0.2, 0.25) is 0 Å². The van der Waals surface area contributed by atoms with Crippen molar-refractivity contribution in [2.45, 2.75) is 24.9 Å². The molecule has 27 heavy (non-hydrogen) atoms. The predicted octanol–water partition coefficient (Wildman–Crippen LogP) is 3.85. The van der Waals surface area contributed by atoms with E-state index in [1.54, 1.807) is 18.2 Å². The lowest BCUT2D eigenvalue weighted by molar-refractivity contribution is -0.137. The van der Waals surface area contributed by atoms with Gasteiger partial charge < -0.3 is 21.1 Å². The van der Waals surface area contributed by atoms with E-state index in [0.29, 0.717) is 15.7 Å². The molecule has 0 saturated heterocycles. The Labute approximate surface area is 166 Å². The maximum Gasteiger partial charge on any atom is 0.327 e. The molecule has 4 N–H and O–H groups in total. The van der Waals surface area contributed by atoms with Crippen LogP contribution in [0.1, 0.15) is 23.6 Å². The Balaban J connectivity index is 1.58. The van der Waals surface area contributed by atoms with Gasteiger partial charge in [0.05, 0.1) is 28.3 Å². The Kier molecular flexibility index (Phi) is 6.08. The highest BCUT2D eigenvalue weighted by Crippen LogP contribution is 2.31. The summed E-state index contributed by atoms with van der Waals surface area (Å²) in [6, 6.07) is 11.3. The minimum atomic E-state index is -1.13. The van der Waals surface area contributed by atoms with E-state index in [-0.39, 0.29) is 12.6 Å². The number of benzene rings is 2. The number of para-hydroxylation sites is 1. The van der Waals surface area contributed by atoms with Gasteiger partial charge in [0.15, 0.2) is 0 Å². The molecule has 8 heteroatoms. The Hall–Kier alpha value is -2.44. The molecule has 0 spiro atoms. The second-order valence-electron chi connectivity index (χ2n) is 6.28. The molecular formula is C19H19Cl2N3O3. The summed E-state index contributed by atoms with van der Waals surface area (Å²) in [6.45, 7) is -0.128. The van der Waals surface area contributed by atoms with Crippen molar-refractivity contribution in [2.75, 3.05) is 11.9 Å². The van der Waals surface area contributed by atoms with Crippen molar-refractivity contribution in [3.8, 4) is 0 Å². The number of amides is 2. The predicted molar refractivity (Wildman–Crippen MR) is 106 cm³/mol. The topological polar surface area (TPSA) is 90.5 Å². The molecule has 1 aliphatic rings. The van der Waals surface area contributed by atoms with E-state index in [1.165, 1.54) is 5.56 Å². The van der Waals surface area contributed by atoms with Crippen molar-refractivity contribution >= 4 is 40.9 Å². The molecule has 0 heterocycles. The van der Waals surface area contributed by atoms with E-state index in [1.807, 2.05) is 24.3 Å². The molecule has 0 saturated carbocycles. The summed E-state index contributed by atoms with van der Waals surface area (Å²) in [5.74, 6) is -1.13. The zero-order valence-electron chi connectivity index (χ0n) is 14.3. The molecule has 0 unspecified atom stereocenters. The molecule has 0 bridgehead atoms. The first-order chi connectivity index (χ1) is 13.0. The van der Waals surface area contributed by atoms with Crippen LogP contribution in [-0.2, 0) is 11.2 Å². The van der Waals surface area contributed by atoms with Crippen LogP contribution >= 0.6 is 23.2 Å². The summed E-state index contributed by atoms with van der Waals surface area (Å²) < 4.78 is 0. The molecule has 0 aliphatic heterocycles. The first kappa shape index (κ1) is 19.3. The second-order valence-corrected chi connectivity index (χ2v) is 7.09. The summed E-state index contributed by atoms with van der Waals surface area (Å²) in [5, 5.41) is 18.3. The summed E-state index contributed by atoms with van der Waals surface area (Å²) in [4.78, 5) is 23.8. The van der Waals surface area contributed by atoms with Gasteiger partial charge in [-0.2, -0.15) is 0 Å². The van der Waals surface area contributed by atoms with Gasteiger partial charge in [-0.05, 0) is 36.1 Å². The first-order valence-corrected chi connectivity index (χ1v) is 9.27. The number of urea groups is 1. The zero-order chi connectivity index (χ0) is 19.4. The van der Waals surface area contributed by atoms with E-state index < -0.39 is 18.0 Å². The third-order valence-electron chi connectivity index (χ3n) is 4.48. The van der Waals surface area contributed by atoms with Gasteiger partial charge in [0, 0.05) is 0 Å². The van der Waals surface area contributed by atoms with E-state index in [9.17, 15) is 14.7 Å². The number of carbonyl (C=O) groups excluding carboxylic acids is 1. The fourth-order valence-electron chi connectivity index (χ4n) is 3.12. The highest BCUT2D eigenvalue weighted by molar-refractivity contribution is 6.39. The molecule has 0 aromatic heterocycles. The largest absolute Gasteiger partial charge is 0.480 e. The molecule has 2 aromatic carbocycles. The molecule has 2 amide bonds. The van der Waals surface area contributed by atoms with Crippen LogP contribution in [0.3, 0.4) is 0 Å². The number of aryl methyl sites for hydroxylation is 1. The van der Waals surface area contributed by atoms with Gasteiger partial charge in [0.25, 0.3) is 0 Å². The van der Waals surface area contributed by atoms with E-state index in [4.69, 9.17) is 23.2 Å². The lowest BCUT2D eigenvalue weighted by atomic mass is 10.1. The molecular weight excluding hydrogens is 389 g/mol. The van der Waals surface area contributed by atoms with Crippen LogP contribution in [0.4, 0.5) is 10.5 Å². The SMILES string of the molecule is O=C(NC[C@H](Nc1c(Cl)cccc1Cl)C(=O)O)N[C@H]1CCc2ccccc21. The molecule has 2 aromatic rings. The number of rotatable bonds is 6. The molecule has 0 fully saturated rings. The Morgan fingerprint density at radius 1 is 1.11 bits per heavy atom. The maximum atomic E-state index is 12.2. The van der Waals surface area contributed by atoms with Crippen molar-refractivity contribution in [3.05, 3.63) is 63.6 Å². The molecule has 142 valence electrons. The van der Waals surface area contributed by atoms with Gasteiger partial charge in [0.1, 0.15) is 6.04 Å². The second kappa shape index (κ2) is 8.50. The van der Waals surface area contributed by atoms with Crippen molar-refractivity contribution < 1.29 is 14.7 Å². The number of carboxylic acid groups (broad SMARTS) is 1. The van der Waals surface area contributed by atoms with Crippen molar-refractivity contribution in [1.29, 1.82) is 0 Å². The van der Waals surface area contributed by atoms with Crippen LogP contribution in [0.2, 0.25) is 10.0 Å². The van der Waals surface area contributed by atoms with Crippen molar-refractivity contribution in [2.24, 2.45) is 0 Å². The van der Waals surface area contributed by atoms with Gasteiger partial charge >= 0.3 is 12.0 Å². The number of carboxylic acids is 1. The standard InChI is InChI=1S/C19H19Cl2N3O3/c20-13-6-3-7-14(21)17(13)23-16(18(25)26)10-22-19(27)24-15-9-8-11-4-1-2-5-12(11)15/h1-7,15-16,23H,8-10H2,(H,25,26)(H2,22,24,27)/t15-,16-/m0/s1. The third kappa shape index (κ3) is 4.64. The summed E-state index contributed by atoms with van der Waals surface area (Å²) in [7, 11) is 0. The van der Waals surface area contributed by atoms with Crippen molar-refractivity contribution in [3.63, 3.8) is 0 Å². The number of aliphatic carboxylic acids is 1. The van der Waals surface area contributed by atoms with Gasteiger partial charge in [-0.25, -0.2) is 9.59 Å². The number of anilines is 1. The first-order valence-electron chi connectivity index (χ1n) is 8.51. The number of halogens is 2. The summed E-state index contributed by atoms with van der Waals surface area (Å²) in [6.07, 6.45) is 1.73. The highest BCUT2D eigenvalue weighted by atomic mass is 35.5. The molecule has 3 rings (SSSR count). The number of hydrogen-bond acceptors (Lipinski definition) is 3. The monoisotopic (exact) mass is 407 g/mol. The Morgan fingerprint density at radius 3 is 2.52 bits per heavy atom. The van der Waals surface area contributed by atoms with E-state index in [0.717, 1.165) is 18.4 Å². The van der Waals surface area contributed by atoms with Crippen LogP contribution in [0.15, 0.2) is 42.5 Å². The van der Waals surface area contributed by atoms with E-state index >= 15 is 0 Å². The molecule has 2 atom stereocenters. The molecule has 0 radical (unpaired) electrons. The van der Waals surface area contributed by atoms with Crippen LogP contribution in [0, 0.1) is 0 Å². The van der Waals surface area contributed by atoms with Gasteiger partial charge in [-0.15, -0.1) is 0 Å². The average Bonchev–Trinajstić information content (AvgIpc) is 3.03. The Bertz CT molecular complexity index is 840. The van der Waals surface area contributed by atoms with Crippen molar-refractivity contribution in [1.82, 2.24) is 10.6 Å². The number of carbonyl (C=O) groups is 2. The van der Waals surface area contributed by atoms with Gasteiger partial charge in [-0.3, -0.25) is 0 Å². The van der Waals surface area contributed by atoms with Gasteiger partial charge in [-0.1, -0.05) is 53.5 Å². The van der Waals surface area contributed by atoms with Crippen LogP contribution in [-0.4, -0.2) is 29.7 Å². The lowest BCUT2D eigenvalue weighted by Crippen LogP contribution is -2.45. The normalized spacial score (nSPS) is 16.3. The van der Waals surface area contributed by atoms with Crippen LogP contribution in [0.25, 0.3) is 0 Å². The highest BCUT2D eigenvalue weighted by Gasteiger charge is 2.25. The fraction of sp³-hybridized carbons (Fsp3) is 0.263. The minimum absolute atomic E-state index is 0.0737. The number of fused-ring (bicyclic) bond motifs is 1.